The highest BCUT2D eigenvalue weighted by molar-refractivity contribution is 5.75. The van der Waals surface area contributed by atoms with Gasteiger partial charge in [-0.25, -0.2) is 0 Å². The van der Waals surface area contributed by atoms with Crippen molar-refractivity contribution < 1.29 is 4.79 Å². The van der Waals surface area contributed by atoms with Crippen molar-refractivity contribution in [2.45, 2.75) is 33.2 Å². The number of amides is 1. The van der Waals surface area contributed by atoms with Gasteiger partial charge in [0.05, 0.1) is 12.2 Å². The second-order valence-corrected chi connectivity index (χ2v) is 3.77. The first kappa shape index (κ1) is 11.7. The van der Waals surface area contributed by atoms with E-state index in [1.807, 2.05) is 39.1 Å². The Kier molecular flexibility index (Phi) is 4.28. The Labute approximate surface area is 91.1 Å². The first-order valence-electron chi connectivity index (χ1n) is 5.30. The van der Waals surface area contributed by atoms with E-state index < -0.39 is 0 Å². The van der Waals surface area contributed by atoms with Crippen LogP contribution in [0.3, 0.4) is 0 Å². The van der Waals surface area contributed by atoms with Crippen LogP contribution in [0.4, 0.5) is 0 Å². The summed E-state index contributed by atoms with van der Waals surface area (Å²) in [6.45, 7) is 4.56. The van der Waals surface area contributed by atoms with Gasteiger partial charge in [-0.2, -0.15) is 0 Å². The first-order chi connectivity index (χ1) is 7.13. The van der Waals surface area contributed by atoms with Gasteiger partial charge in [0.1, 0.15) is 0 Å². The second kappa shape index (κ2) is 5.49. The van der Waals surface area contributed by atoms with E-state index in [1.54, 1.807) is 4.90 Å². The lowest BCUT2D eigenvalue weighted by molar-refractivity contribution is -0.130. The Morgan fingerprint density at radius 2 is 2.20 bits per heavy atom. The maximum absolute atomic E-state index is 11.5. The first-order valence-corrected chi connectivity index (χ1v) is 5.30. The summed E-state index contributed by atoms with van der Waals surface area (Å²) in [7, 11) is 1.82. The van der Waals surface area contributed by atoms with Crippen molar-refractivity contribution in [2.24, 2.45) is 0 Å². The lowest BCUT2D eigenvalue weighted by atomic mass is 10.2. The van der Waals surface area contributed by atoms with Crippen LogP contribution < -0.4 is 0 Å². The van der Waals surface area contributed by atoms with Gasteiger partial charge in [0, 0.05) is 19.2 Å². The molecule has 0 aromatic carbocycles. The molecule has 3 nitrogen and oxygen atoms in total. The molecule has 0 radical (unpaired) electrons. The van der Waals surface area contributed by atoms with Gasteiger partial charge in [0.2, 0.25) is 5.91 Å². The zero-order chi connectivity index (χ0) is 11.3. The molecular weight excluding hydrogens is 188 g/mol. The molecule has 82 valence electrons. The standard InChI is InChI=1S/C12H18N2O/c1-4-6-12(15)14(3)9-11-8-5-7-10(2)13-11/h5,7-8H,4,6,9H2,1-3H3. The van der Waals surface area contributed by atoms with Gasteiger partial charge in [-0.3, -0.25) is 9.78 Å². The molecule has 0 atom stereocenters. The molecule has 0 saturated carbocycles. The van der Waals surface area contributed by atoms with Crippen molar-refractivity contribution in [3.63, 3.8) is 0 Å². The third-order valence-electron chi connectivity index (χ3n) is 2.23. The topological polar surface area (TPSA) is 33.2 Å². The molecule has 1 heterocycles. The molecule has 0 unspecified atom stereocenters. The number of carbonyl (C=O) groups is 1. The average molecular weight is 206 g/mol. The quantitative estimate of drug-likeness (QED) is 0.756. The summed E-state index contributed by atoms with van der Waals surface area (Å²) in [6.07, 6.45) is 1.51. The molecule has 1 aromatic heterocycles. The highest BCUT2D eigenvalue weighted by Crippen LogP contribution is 2.03. The highest BCUT2D eigenvalue weighted by Gasteiger charge is 2.08. The van der Waals surface area contributed by atoms with Crippen molar-refractivity contribution in [1.29, 1.82) is 0 Å². The number of hydrogen-bond acceptors (Lipinski definition) is 2. The smallest absolute Gasteiger partial charge is 0.222 e. The molecule has 3 heteroatoms. The summed E-state index contributed by atoms with van der Waals surface area (Å²) in [5.74, 6) is 0.181. The zero-order valence-corrected chi connectivity index (χ0v) is 9.66. The summed E-state index contributed by atoms with van der Waals surface area (Å²) in [5.41, 5.74) is 1.94. The van der Waals surface area contributed by atoms with Crippen molar-refractivity contribution >= 4 is 5.91 Å². The van der Waals surface area contributed by atoms with E-state index in [9.17, 15) is 4.79 Å². The van der Waals surface area contributed by atoms with E-state index >= 15 is 0 Å². The minimum absolute atomic E-state index is 0.181. The second-order valence-electron chi connectivity index (χ2n) is 3.77. The van der Waals surface area contributed by atoms with E-state index in [1.165, 1.54) is 0 Å². The van der Waals surface area contributed by atoms with Crippen LogP contribution in [0.5, 0.6) is 0 Å². The number of aromatic nitrogens is 1. The summed E-state index contributed by atoms with van der Waals surface area (Å²) >= 11 is 0. The minimum Gasteiger partial charge on any atom is -0.340 e. The molecule has 1 aromatic rings. The van der Waals surface area contributed by atoms with Gasteiger partial charge in [-0.1, -0.05) is 13.0 Å². The summed E-state index contributed by atoms with van der Waals surface area (Å²) < 4.78 is 0. The predicted octanol–water partition coefficient (Wildman–Crippen LogP) is 2.15. The third-order valence-corrected chi connectivity index (χ3v) is 2.23. The van der Waals surface area contributed by atoms with Gasteiger partial charge < -0.3 is 4.90 Å². The van der Waals surface area contributed by atoms with Crippen LogP contribution in [0.2, 0.25) is 0 Å². The lowest BCUT2D eigenvalue weighted by Gasteiger charge is -2.16. The monoisotopic (exact) mass is 206 g/mol. The molecule has 0 saturated heterocycles. The number of hydrogen-bond donors (Lipinski definition) is 0. The van der Waals surface area contributed by atoms with Gasteiger partial charge >= 0.3 is 0 Å². The molecule has 1 amide bonds. The minimum atomic E-state index is 0.181. The number of rotatable bonds is 4. The van der Waals surface area contributed by atoms with Crippen molar-refractivity contribution in [1.82, 2.24) is 9.88 Å². The highest BCUT2D eigenvalue weighted by atomic mass is 16.2. The van der Waals surface area contributed by atoms with Gasteiger partial charge in [-0.05, 0) is 25.5 Å². The van der Waals surface area contributed by atoms with Crippen LogP contribution in [0, 0.1) is 6.92 Å². The Morgan fingerprint density at radius 3 is 2.80 bits per heavy atom. The van der Waals surface area contributed by atoms with Crippen LogP contribution >= 0.6 is 0 Å². The maximum atomic E-state index is 11.5. The zero-order valence-electron chi connectivity index (χ0n) is 9.66. The fourth-order valence-electron chi connectivity index (χ4n) is 1.42. The number of nitrogens with zero attached hydrogens (tertiary/aromatic N) is 2. The molecular formula is C12H18N2O. The van der Waals surface area contributed by atoms with Crippen LogP contribution in [0.25, 0.3) is 0 Å². The van der Waals surface area contributed by atoms with Crippen LogP contribution in [-0.4, -0.2) is 22.8 Å². The van der Waals surface area contributed by atoms with Crippen molar-refractivity contribution in [2.75, 3.05) is 7.05 Å². The summed E-state index contributed by atoms with van der Waals surface area (Å²) in [4.78, 5) is 17.6. The molecule has 0 fully saturated rings. The Balaban J connectivity index is 2.58. The number of carbonyl (C=O) groups excluding carboxylic acids is 1. The van der Waals surface area contributed by atoms with Crippen molar-refractivity contribution in [3.8, 4) is 0 Å². The summed E-state index contributed by atoms with van der Waals surface area (Å²) in [6, 6.07) is 5.87. The molecule has 0 aliphatic carbocycles. The SMILES string of the molecule is CCCC(=O)N(C)Cc1cccc(C)n1. The van der Waals surface area contributed by atoms with Crippen molar-refractivity contribution in [3.05, 3.63) is 29.6 Å². The van der Waals surface area contributed by atoms with Gasteiger partial charge in [0.15, 0.2) is 0 Å². The van der Waals surface area contributed by atoms with Gasteiger partial charge in [-0.15, -0.1) is 0 Å². The number of aryl methyl sites for hydroxylation is 1. The third kappa shape index (κ3) is 3.70. The van der Waals surface area contributed by atoms with Gasteiger partial charge in [0.25, 0.3) is 0 Å². The molecule has 0 N–H and O–H groups in total. The van der Waals surface area contributed by atoms with Crippen LogP contribution in [0.15, 0.2) is 18.2 Å². The van der Waals surface area contributed by atoms with E-state index in [4.69, 9.17) is 0 Å². The summed E-state index contributed by atoms with van der Waals surface area (Å²) in [5, 5.41) is 0. The Morgan fingerprint density at radius 1 is 1.47 bits per heavy atom. The normalized spacial score (nSPS) is 10.1. The van der Waals surface area contributed by atoms with E-state index in [0.29, 0.717) is 13.0 Å². The van der Waals surface area contributed by atoms with Crippen LogP contribution in [-0.2, 0) is 11.3 Å². The fraction of sp³-hybridized carbons (Fsp3) is 0.500. The lowest BCUT2D eigenvalue weighted by Crippen LogP contribution is -2.26. The molecule has 0 bridgehead atoms. The van der Waals surface area contributed by atoms with E-state index in [-0.39, 0.29) is 5.91 Å². The Bertz CT molecular complexity index is 336. The number of pyridine rings is 1. The average Bonchev–Trinajstić information content (AvgIpc) is 2.18. The van der Waals surface area contributed by atoms with E-state index in [2.05, 4.69) is 4.98 Å². The van der Waals surface area contributed by atoms with Crippen LogP contribution in [0.1, 0.15) is 31.2 Å². The molecule has 0 aliphatic rings. The maximum Gasteiger partial charge on any atom is 0.222 e. The molecule has 15 heavy (non-hydrogen) atoms. The molecule has 0 spiro atoms. The van der Waals surface area contributed by atoms with E-state index in [0.717, 1.165) is 17.8 Å². The molecule has 0 aliphatic heterocycles. The molecule has 1 rings (SSSR count). The fourth-order valence-corrected chi connectivity index (χ4v) is 1.42. The Hall–Kier alpha value is -1.38. The largest absolute Gasteiger partial charge is 0.340 e. The predicted molar refractivity (Wildman–Crippen MR) is 60.4 cm³/mol.